The van der Waals surface area contributed by atoms with Gasteiger partial charge in [0.2, 0.25) is 5.91 Å². The Morgan fingerprint density at radius 3 is 2.46 bits per heavy atom. The van der Waals surface area contributed by atoms with E-state index in [-0.39, 0.29) is 4.91 Å². The highest BCUT2D eigenvalue weighted by atomic mass is 35.5. The summed E-state index contributed by atoms with van der Waals surface area (Å²) in [6.07, 6.45) is 1.62. The van der Waals surface area contributed by atoms with Crippen LogP contribution in [0.1, 0.15) is 11.1 Å². The standard InChI is InChI=1S/C26H21ClN2O5S/c1-33-22-5-3-2-4-21(22)28-24(30)15-29-25(31)23(35-26(29)32)14-17-8-12-20(13-9-17)34-16-18-6-10-19(27)11-7-18/h2-14H,15-16H2,1H3,(H,28,30)/b23-14+. The molecule has 178 valence electrons. The number of amides is 3. The molecule has 3 aromatic carbocycles. The number of benzene rings is 3. The molecule has 9 heteroatoms. The molecule has 0 bridgehead atoms. The molecule has 0 atom stereocenters. The zero-order chi connectivity index (χ0) is 24.8. The first-order valence-corrected chi connectivity index (χ1v) is 11.8. The lowest BCUT2D eigenvalue weighted by molar-refractivity contribution is -0.127. The first-order chi connectivity index (χ1) is 16.9. The summed E-state index contributed by atoms with van der Waals surface area (Å²) in [6.45, 7) is 0.00382. The van der Waals surface area contributed by atoms with Crippen molar-refractivity contribution in [3.8, 4) is 11.5 Å². The van der Waals surface area contributed by atoms with Crippen LogP contribution in [0.4, 0.5) is 10.5 Å². The lowest BCUT2D eigenvalue weighted by atomic mass is 10.2. The highest BCUT2D eigenvalue weighted by Crippen LogP contribution is 2.32. The van der Waals surface area contributed by atoms with Gasteiger partial charge in [-0.25, -0.2) is 0 Å². The molecule has 3 amide bonds. The van der Waals surface area contributed by atoms with Crippen LogP contribution in [0.5, 0.6) is 11.5 Å². The van der Waals surface area contributed by atoms with Gasteiger partial charge in [-0.1, -0.05) is 48.0 Å². The van der Waals surface area contributed by atoms with E-state index in [0.29, 0.717) is 28.8 Å². The number of nitrogens with one attached hydrogen (secondary N) is 1. The fourth-order valence-electron chi connectivity index (χ4n) is 3.28. The van der Waals surface area contributed by atoms with E-state index in [9.17, 15) is 14.4 Å². The van der Waals surface area contributed by atoms with Crippen molar-refractivity contribution < 1.29 is 23.9 Å². The maximum atomic E-state index is 12.8. The number of hydrogen-bond donors (Lipinski definition) is 1. The normalized spacial score (nSPS) is 14.3. The average molecular weight is 509 g/mol. The molecule has 0 saturated carbocycles. The van der Waals surface area contributed by atoms with E-state index in [1.807, 2.05) is 12.1 Å². The van der Waals surface area contributed by atoms with E-state index in [1.54, 1.807) is 66.7 Å². The van der Waals surface area contributed by atoms with Crippen LogP contribution in [0.15, 0.2) is 77.7 Å². The van der Waals surface area contributed by atoms with Crippen molar-refractivity contribution in [1.29, 1.82) is 0 Å². The molecule has 1 fully saturated rings. The highest BCUT2D eigenvalue weighted by Gasteiger charge is 2.36. The monoisotopic (exact) mass is 508 g/mol. The van der Waals surface area contributed by atoms with Crippen molar-refractivity contribution >= 4 is 52.2 Å². The van der Waals surface area contributed by atoms with Gasteiger partial charge < -0.3 is 14.8 Å². The van der Waals surface area contributed by atoms with Crippen LogP contribution in [-0.4, -0.2) is 35.6 Å². The molecule has 1 aliphatic rings. The average Bonchev–Trinajstić information content (AvgIpc) is 3.12. The minimum Gasteiger partial charge on any atom is -0.495 e. The van der Waals surface area contributed by atoms with Crippen molar-refractivity contribution in [2.24, 2.45) is 0 Å². The van der Waals surface area contributed by atoms with Crippen LogP contribution in [0, 0.1) is 0 Å². The quantitative estimate of drug-likeness (QED) is 0.398. The van der Waals surface area contributed by atoms with Crippen molar-refractivity contribution in [3.05, 3.63) is 93.9 Å². The van der Waals surface area contributed by atoms with Gasteiger partial charge in [0, 0.05) is 5.02 Å². The third kappa shape index (κ3) is 6.23. The maximum absolute atomic E-state index is 12.8. The van der Waals surface area contributed by atoms with E-state index in [2.05, 4.69) is 5.32 Å². The summed E-state index contributed by atoms with van der Waals surface area (Å²) in [6, 6.07) is 21.4. The van der Waals surface area contributed by atoms with Crippen LogP contribution in [0.2, 0.25) is 5.02 Å². The van der Waals surface area contributed by atoms with E-state index < -0.39 is 23.6 Å². The van der Waals surface area contributed by atoms with Gasteiger partial charge in [-0.15, -0.1) is 0 Å². The van der Waals surface area contributed by atoms with E-state index in [1.165, 1.54) is 7.11 Å². The van der Waals surface area contributed by atoms with Gasteiger partial charge in [0.1, 0.15) is 24.7 Å². The number of nitrogens with zero attached hydrogens (tertiary/aromatic N) is 1. The number of methoxy groups -OCH3 is 1. The molecule has 0 aromatic heterocycles. The number of rotatable bonds is 8. The predicted molar refractivity (Wildman–Crippen MR) is 137 cm³/mol. The van der Waals surface area contributed by atoms with Crippen molar-refractivity contribution in [2.45, 2.75) is 6.61 Å². The topological polar surface area (TPSA) is 84.9 Å². The number of ether oxygens (including phenoxy) is 2. The Balaban J connectivity index is 1.36. The van der Waals surface area contributed by atoms with Gasteiger partial charge >= 0.3 is 0 Å². The second kappa shape index (κ2) is 11.1. The van der Waals surface area contributed by atoms with Crippen molar-refractivity contribution in [2.75, 3.05) is 19.0 Å². The second-order valence-corrected chi connectivity index (χ2v) is 8.93. The molecule has 3 aromatic rings. The molecule has 35 heavy (non-hydrogen) atoms. The Morgan fingerprint density at radius 1 is 1.03 bits per heavy atom. The van der Waals surface area contributed by atoms with Gasteiger partial charge in [0.25, 0.3) is 11.1 Å². The molecular weight excluding hydrogens is 488 g/mol. The van der Waals surface area contributed by atoms with Gasteiger partial charge in [-0.05, 0) is 65.4 Å². The largest absolute Gasteiger partial charge is 0.495 e. The Labute approximate surface area is 211 Å². The molecular formula is C26H21ClN2O5S. The minimum absolute atomic E-state index is 0.245. The Kier molecular flexibility index (Phi) is 7.74. The van der Waals surface area contributed by atoms with Gasteiger partial charge in [-0.2, -0.15) is 0 Å². The Morgan fingerprint density at radius 2 is 1.74 bits per heavy atom. The Bertz CT molecular complexity index is 1280. The molecule has 1 saturated heterocycles. The summed E-state index contributed by atoms with van der Waals surface area (Å²) in [5, 5.41) is 2.83. The number of hydrogen-bond acceptors (Lipinski definition) is 6. The fraction of sp³-hybridized carbons (Fsp3) is 0.115. The van der Waals surface area contributed by atoms with Gasteiger partial charge in [-0.3, -0.25) is 19.3 Å². The SMILES string of the molecule is COc1ccccc1NC(=O)CN1C(=O)S/C(=C/c2ccc(OCc3ccc(Cl)cc3)cc2)C1=O. The number of carbonyl (C=O) groups excluding carboxylic acids is 3. The summed E-state index contributed by atoms with van der Waals surface area (Å²) >= 11 is 6.69. The summed E-state index contributed by atoms with van der Waals surface area (Å²) in [7, 11) is 1.49. The first kappa shape index (κ1) is 24.4. The molecule has 1 N–H and O–H groups in total. The third-order valence-corrected chi connectivity index (χ3v) is 6.21. The van der Waals surface area contributed by atoms with Crippen LogP contribution < -0.4 is 14.8 Å². The maximum Gasteiger partial charge on any atom is 0.294 e. The number of para-hydroxylation sites is 2. The summed E-state index contributed by atoms with van der Waals surface area (Å²) < 4.78 is 11.0. The zero-order valence-electron chi connectivity index (χ0n) is 18.7. The zero-order valence-corrected chi connectivity index (χ0v) is 20.3. The molecule has 0 unspecified atom stereocenters. The minimum atomic E-state index is -0.516. The molecule has 7 nitrogen and oxygen atoms in total. The summed E-state index contributed by atoms with van der Waals surface area (Å²) in [5.74, 6) is 0.132. The number of thioether (sulfide) groups is 1. The number of halogens is 1. The number of imide groups is 1. The van der Waals surface area contributed by atoms with Gasteiger partial charge in [0.05, 0.1) is 17.7 Å². The highest BCUT2D eigenvalue weighted by molar-refractivity contribution is 8.18. The molecule has 1 heterocycles. The smallest absolute Gasteiger partial charge is 0.294 e. The second-order valence-electron chi connectivity index (χ2n) is 7.50. The molecule has 4 rings (SSSR count). The molecule has 0 spiro atoms. The van der Waals surface area contributed by atoms with Crippen molar-refractivity contribution in [1.82, 2.24) is 4.90 Å². The van der Waals surface area contributed by atoms with E-state index in [0.717, 1.165) is 27.8 Å². The Hall–Kier alpha value is -3.75. The number of anilines is 1. The first-order valence-electron chi connectivity index (χ1n) is 10.6. The summed E-state index contributed by atoms with van der Waals surface area (Å²) in [4.78, 5) is 38.8. The predicted octanol–water partition coefficient (Wildman–Crippen LogP) is 5.60. The summed E-state index contributed by atoms with van der Waals surface area (Å²) in [5.41, 5.74) is 2.18. The molecule has 1 aliphatic heterocycles. The third-order valence-electron chi connectivity index (χ3n) is 5.05. The molecule has 0 aliphatic carbocycles. The van der Waals surface area contributed by atoms with Crippen molar-refractivity contribution in [3.63, 3.8) is 0 Å². The molecule has 0 radical (unpaired) electrons. The van der Waals surface area contributed by atoms with E-state index >= 15 is 0 Å². The van der Waals surface area contributed by atoms with Gasteiger partial charge in [0.15, 0.2) is 0 Å². The fourth-order valence-corrected chi connectivity index (χ4v) is 4.24. The van der Waals surface area contributed by atoms with Crippen LogP contribution in [0.3, 0.4) is 0 Å². The van der Waals surface area contributed by atoms with Crippen LogP contribution >= 0.6 is 23.4 Å². The van der Waals surface area contributed by atoms with Crippen LogP contribution in [-0.2, 0) is 16.2 Å². The number of carbonyl (C=O) groups is 3. The van der Waals surface area contributed by atoms with Crippen LogP contribution in [0.25, 0.3) is 6.08 Å². The lowest BCUT2D eigenvalue weighted by Crippen LogP contribution is -2.36. The van der Waals surface area contributed by atoms with E-state index in [4.69, 9.17) is 21.1 Å². The lowest BCUT2D eigenvalue weighted by Gasteiger charge is -2.14.